The van der Waals surface area contributed by atoms with E-state index in [0.29, 0.717) is 0 Å². The van der Waals surface area contributed by atoms with Crippen LogP contribution in [0.2, 0.25) is 0 Å². The van der Waals surface area contributed by atoms with E-state index in [-0.39, 0.29) is 0 Å². The van der Waals surface area contributed by atoms with Crippen LogP contribution in [0.25, 0.3) is 0 Å². The fourth-order valence-corrected chi connectivity index (χ4v) is 2.58. The zero-order valence-corrected chi connectivity index (χ0v) is 19.0. The number of hydrogen-bond donors (Lipinski definition) is 0. The largest absolute Gasteiger partial charge is 0.379 e. The van der Waals surface area contributed by atoms with E-state index in [1.165, 1.54) is 58.3 Å². The predicted molar refractivity (Wildman–Crippen MR) is 114 cm³/mol. The molecule has 3 rings (SSSR count). The van der Waals surface area contributed by atoms with Gasteiger partial charge >= 0.3 is 0 Å². The first-order valence-electron chi connectivity index (χ1n) is 8.46. The lowest BCUT2D eigenvalue weighted by Gasteiger charge is -2.21. The molecule has 0 amide bonds. The minimum absolute atomic E-state index is 0.913. The Morgan fingerprint density at radius 3 is 1.05 bits per heavy atom. The molecule has 3 saturated heterocycles. The highest BCUT2D eigenvalue weighted by Crippen LogP contribution is 2.04. The Kier molecular flexibility index (Phi) is 18.1. The van der Waals surface area contributed by atoms with Gasteiger partial charge in [0.2, 0.25) is 0 Å². The summed E-state index contributed by atoms with van der Waals surface area (Å²) in [7, 11) is 6.48. The van der Waals surface area contributed by atoms with Crippen LogP contribution in [-0.2, 0) is 4.74 Å². The second-order valence-corrected chi connectivity index (χ2v) is 6.29. The van der Waals surface area contributed by atoms with Crippen LogP contribution >= 0.6 is 37.2 Å². The van der Waals surface area contributed by atoms with Crippen LogP contribution in [0.15, 0.2) is 0 Å². The Morgan fingerprint density at radius 2 is 0.864 bits per heavy atom. The van der Waals surface area contributed by atoms with Crippen LogP contribution in [0.1, 0.15) is 32.1 Å². The molecule has 4 nitrogen and oxygen atoms in total. The lowest BCUT2D eigenvalue weighted by molar-refractivity contribution is 0.0503. The van der Waals surface area contributed by atoms with Gasteiger partial charge in [0.25, 0.3) is 0 Å². The second-order valence-electron chi connectivity index (χ2n) is 6.29. The zero-order valence-electron chi connectivity index (χ0n) is 14.7. The third-order valence-electron chi connectivity index (χ3n) is 4.14. The highest BCUT2D eigenvalue weighted by molar-refractivity contribution is 15.0. The normalized spacial score (nSPS) is 23.3. The zero-order chi connectivity index (χ0) is 16.6. The number of nitrogens with zero attached hydrogens (tertiary/aromatic N) is 3. The summed E-state index contributed by atoms with van der Waals surface area (Å²) in [5, 5.41) is 0. The van der Waals surface area contributed by atoms with Gasteiger partial charge in [0, 0.05) is 50.3 Å². The van der Waals surface area contributed by atoms with Crippen molar-refractivity contribution in [2.45, 2.75) is 32.1 Å². The quantitative estimate of drug-likeness (QED) is 0.439. The SMILES string of the molecule is CN1CCCC1.CN1CCCCC1.CN1CCOCC1.II. The third-order valence-corrected chi connectivity index (χ3v) is 4.14. The summed E-state index contributed by atoms with van der Waals surface area (Å²) in [6.45, 7) is 9.30. The Labute approximate surface area is 161 Å². The van der Waals surface area contributed by atoms with Crippen molar-refractivity contribution < 1.29 is 4.74 Å². The van der Waals surface area contributed by atoms with Crippen LogP contribution in [0.4, 0.5) is 0 Å². The topological polar surface area (TPSA) is 19.0 Å². The third kappa shape index (κ3) is 14.9. The highest BCUT2D eigenvalue weighted by atomic mass is 128. The minimum atomic E-state index is 0.913. The van der Waals surface area contributed by atoms with Crippen LogP contribution in [-0.4, -0.2) is 88.3 Å². The van der Waals surface area contributed by atoms with Gasteiger partial charge in [-0.3, -0.25) is 0 Å². The second kappa shape index (κ2) is 17.1. The average Bonchev–Trinajstić information content (AvgIpc) is 3.03. The number of ether oxygens (including phenoxy) is 1. The Bertz CT molecular complexity index is 201. The summed E-state index contributed by atoms with van der Waals surface area (Å²) in [5.74, 6) is 0. The summed E-state index contributed by atoms with van der Waals surface area (Å²) in [6.07, 6.45) is 7.10. The number of rotatable bonds is 0. The van der Waals surface area contributed by atoms with E-state index in [1.54, 1.807) is 0 Å². The van der Waals surface area contributed by atoms with E-state index >= 15 is 0 Å². The van der Waals surface area contributed by atoms with Crippen molar-refractivity contribution >= 4 is 37.2 Å². The van der Waals surface area contributed by atoms with E-state index in [4.69, 9.17) is 4.74 Å². The molecule has 3 aliphatic heterocycles. The van der Waals surface area contributed by atoms with Crippen molar-refractivity contribution in [2.75, 3.05) is 73.6 Å². The fraction of sp³-hybridized carbons (Fsp3) is 1.00. The summed E-state index contributed by atoms with van der Waals surface area (Å²) in [5.41, 5.74) is 0. The molecule has 0 radical (unpaired) electrons. The Balaban J connectivity index is 0.000000285. The summed E-state index contributed by atoms with van der Waals surface area (Å²) < 4.78 is 5.10. The fourth-order valence-electron chi connectivity index (χ4n) is 2.58. The van der Waals surface area contributed by atoms with E-state index in [1.807, 2.05) is 0 Å². The van der Waals surface area contributed by atoms with Gasteiger partial charge in [0.15, 0.2) is 0 Å². The Hall–Kier alpha value is 1.30. The lowest BCUT2D eigenvalue weighted by atomic mass is 10.1. The average molecular weight is 539 g/mol. The van der Waals surface area contributed by atoms with Gasteiger partial charge in [-0.25, -0.2) is 0 Å². The number of likely N-dealkylation sites (N-methyl/N-ethyl adjacent to an activating group) is 1. The van der Waals surface area contributed by atoms with E-state index < -0.39 is 0 Å². The maximum atomic E-state index is 5.10. The molecule has 0 spiro atoms. The van der Waals surface area contributed by atoms with Crippen LogP contribution in [0.5, 0.6) is 0 Å². The number of hydrogen-bond acceptors (Lipinski definition) is 4. The molecule has 3 heterocycles. The molecule has 3 fully saturated rings. The smallest absolute Gasteiger partial charge is 0.0594 e. The lowest BCUT2D eigenvalue weighted by Crippen LogP contribution is -2.32. The first kappa shape index (κ1) is 23.3. The highest BCUT2D eigenvalue weighted by Gasteiger charge is 2.03. The predicted octanol–water partition coefficient (Wildman–Crippen LogP) is 3.53. The van der Waals surface area contributed by atoms with Gasteiger partial charge in [-0.2, -0.15) is 0 Å². The molecule has 6 heteroatoms. The molecular formula is C16H35I2N3O. The summed E-state index contributed by atoms with van der Waals surface area (Å²) >= 11 is 4.24. The van der Waals surface area contributed by atoms with Crippen LogP contribution < -0.4 is 0 Å². The molecule has 0 aliphatic carbocycles. The molecule has 0 aromatic rings. The molecule has 0 aromatic carbocycles. The van der Waals surface area contributed by atoms with Crippen LogP contribution in [0.3, 0.4) is 0 Å². The van der Waals surface area contributed by atoms with Crippen molar-refractivity contribution in [1.29, 1.82) is 0 Å². The number of likely N-dealkylation sites (tertiary alicyclic amines) is 2. The van der Waals surface area contributed by atoms with Gasteiger partial charge in [-0.05, 0) is 73.0 Å². The number of halogens is 2. The molecule has 0 saturated carbocycles. The van der Waals surface area contributed by atoms with Crippen molar-refractivity contribution in [3.63, 3.8) is 0 Å². The van der Waals surface area contributed by atoms with Gasteiger partial charge in [-0.15, -0.1) is 0 Å². The van der Waals surface area contributed by atoms with Gasteiger partial charge in [0.1, 0.15) is 0 Å². The van der Waals surface area contributed by atoms with Crippen molar-refractivity contribution in [1.82, 2.24) is 14.7 Å². The Morgan fingerprint density at radius 1 is 0.545 bits per heavy atom. The first-order chi connectivity index (χ1) is 10.7. The first-order valence-corrected chi connectivity index (χ1v) is 14.7. The van der Waals surface area contributed by atoms with E-state index in [2.05, 4.69) is 73.1 Å². The standard InChI is InChI=1S/C6H13N.C5H11NO.C5H11N.I2/c1-7-5-3-2-4-6-7;1-6-2-4-7-5-3-6;1-6-4-2-3-5-6;1-2/h2-6H2,1H3;2-5H2,1H3;2-5H2,1H3;. The number of piperidine rings is 1. The van der Waals surface area contributed by atoms with E-state index in [9.17, 15) is 0 Å². The molecule has 22 heavy (non-hydrogen) atoms. The summed E-state index contributed by atoms with van der Waals surface area (Å²) in [4.78, 5) is 7.02. The van der Waals surface area contributed by atoms with Gasteiger partial charge < -0.3 is 19.4 Å². The van der Waals surface area contributed by atoms with Crippen molar-refractivity contribution in [3.05, 3.63) is 0 Å². The molecule has 0 bridgehead atoms. The van der Waals surface area contributed by atoms with Gasteiger partial charge in [0.05, 0.1) is 13.2 Å². The minimum Gasteiger partial charge on any atom is -0.379 e. The molecule has 0 atom stereocenters. The van der Waals surface area contributed by atoms with E-state index in [0.717, 1.165) is 26.3 Å². The summed E-state index contributed by atoms with van der Waals surface area (Å²) in [6, 6.07) is 0. The maximum absolute atomic E-state index is 5.10. The molecule has 0 unspecified atom stereocenters. The van der Waals surface area contributed by atoms with Crippen molar-refractivity contribution in [3.8, 4) is 0 Å². The number of morpholine rings is 1. The molecule has 0 N–H and O–H groups in total. The maximum Gasteiger partial charge on any atom is 0.0594 e. The molecule has 3 aliphatic rings. The van der Waals surface area contributed by atoms with Crippen molar-refractivity contribution in [2.24, 2.45) is 0 Å². The molecular weight excluding hydrogens is 504 g/mol. The van der Waals surface area contributed by atoms with Gasteiger partial charge in [-0.1, -0.05) is 6.42 Å². The molecule has 134 valence electrons. The molecule has 0 aromatic heterocycles. The van der Waals surface area contributed by atoms with Crippen LogP contribution in [0, 0.1) is 0 Å². The monoisotopic (exact) mass is 539 g/mol.